The highest BCUT2D eigenvalue weighted by Gasteiger charge is 2.21. The number of rotatable bonds is 8. The first kappa shape index (κ1) is 17.5. The van der Waals surface area contributed by atoms with Gasteiger partial charge in [0.2, 0.25) is 0 Å². The van der Waals surface area contributed by atoms with Gasteiger partial charge in [-0.15, -0.1) is 0 Å². The van der Waals surface area contributed by atoms with Crippen LogP contribution in [0, 0.1) is 0 Å². The number of unbranched alkanes of at least 4 members (excludes halogenated alkanes) is 1. The number of nitrogens with one attached hydrogen (secondary N) is 2. The Balaban J connectivity index is 2.46. The Morgan fingerprint density at radius 2 is 1.91 bits per heavy atom. The summed E-state index contributed by atoms with van der Waals surface area (Å²) in [6.45, 7) is 1.94. The van der Waals surface area contributed by atoms with Crippen LogP contribution >= 0.6 is 0 Å². The van der Waals surface area contributed by atoms with Gasteiger partial charge in [0.15, 0.2) is 0 Å². The molecule has 0 aliphatic rings. The Kier molecular flexibility index (Phi) is 7.45. The van der Waals surface area contributed by atoms with Crippen LogP contribution in [-0.4, -0.2) is 42.3 Å². The van der Waals surface area contributed by atoms with E-state index in [-0.39, 0.29) is 13.2 Å². The van der Waals surface area contributed by atoms with Gasteiger partial charge in [-0.25, -0.2) is 9.59 Å². The first-order chi connectivity index (χ1) is 10.5. The fourth-order valence-corrected chi connectivity index (χ4v) is 1.58. The Labute approximate surface area is 128 Å². The molecule has 0 aromatic heterocycles. The zero-order chi connectivity index (χ0) is 16.4. The molecule has 1 aromatic rings. The van der Waals surface area contributed by atoms with Gasteiger partial charge in [-0.05, 0) is 18.6 Å². The van der Waals surface area contributed by atoms with Gasteiger partial charge in [0, 0.05) is 12.1 Å². The van der Waals surface area contributed by atoms with Gasteiger partial charge in [-0.2, -0.15) is 0 Å². The molecule has 7 heteroatoms. The fraction of sp³-hybridized carbons (Fsp3) is 0.400. The van der Waals surface area contributed by atoms with Crippen molar-refractivity contribution < 1.29 is 24.2 Å². The van der Waals surface area contributed by atoms with Crippen molar-refractivity contribution in [1.29, 1.82) is 0 Å². The molecule has 0 fully saturated rings. The van der Waals surface area contributed by atoms with Crippen molar-refractivity contribution in [2.75, 3.05) is 13.2 Å². The summed E-state index contributed by atoms with van der Waals surface area (Å²) in [6, 6.07) is 7.14. The van der Waals surface area contributed by atoms with Crippen molar-refractivity contribution >= 4 is 18.0 Å². The number of hydrogen-bond donors (Lipinski definition) is 3. The monoisotopic (exact) mass is 308 g/mol. The minimum atomic E-state index is -1.25. The predicted molar refractivity (Wildman–Crippen MR) is 79.6 cm³/mol. The molecule has 22 heavy (non-hydrogen) atoms. The largest absolute Gasteiger partial charge is 0.480 e. The second kappa shape index (κ2) is 9.38. The smallest absolute Gasteiger partial charge is 0.407 e. The minimum Gasteiger partial charge on any atom is -0.480 e. The highest BCUT2D eigenvalue weighted by Crippen LogP contribution is 1.98. The quantitative estimate of drug-likeness (QED) is 0.630. The Bertz CT molecular complexity index is 504. The van der Waals surface area contributed by atoms with Crippen molar-refractivity contribution in [3.63, 3.8) is 0 Å². The maximum atomic E-state index is 11.8. The molecule has 1 atom stereocenters. The summed E-state index contributed by atoms with van der Waals surface area (Å²) in [5, 5.41) is 13.7. The van der Waals surface area contributed by atoms with Crippen LogP contribution in [0.4, 0.5) is 4.79 Å². The lowest BCUT2D eigenvalue weighted by Gasteiger charge is -2.15. The molecular formula is C15H20N2O5. The number of benzene rings is 1. The average molecular weight is 308 g/mol. The SMILES string of the molecule is CCCCOC(=O)NC(CNC(=O)c1ccccc1)C(=O)O. The van der Waals surface area contributed by atoms with Crippen LogP contribution in [0.25, 0.3) is 0 Å². The van der Waals surface area contributed by atoms with E-state index >= 15 is 0 Å². The third-order valence-electron chi connectivity index (χ3n) is 2.82. The van der Waals surface area contributed by atoms with Crippen LogP contribution in [0.2, 0.25) is 0 Å². The lowest BCUT2D eigenvalue weighted by atomic mass is 10.2. The normalized spacial score (nSPS) is 11.3. The molecular weight excluding hydrogens is 288 g/mol. The molecule has 1 rings (SSSR count). The second-order valence-electron chi connectivity index (χ2n) is 4.60. The number of carbonyl (C=O) groups is 3. The van der Waals surface area contributed by atoms with Crippen molar-refractivity contribution in [3.8, 4) is 0 Å². The minimum absolute atomic E-state index is 0.227. The molecule has 0 bridgehead atoms. The van der Waals surface area contributed by atoms with Crippen LogP contribution in [0.1, 0.15) is 30.1 Å². The lowest BCUT2D eigenvalue weighted by molar-refractivity contribution is -0.139. The van der Waals surface area contributed by atoms with Gasteiger partial charge in [0.05, 0.1) is 6.61 Å². The molecule has 0 spiro atoms. The molecule has 7 nitrogen and oxygen atoms in total. The van der Waals surface area contributed by atoms with E-state index in [1.54, 1.807) is 30.3 Å². The number of carboxylic acids is 1. The molecule has 0 saturated carbocycles. The first-order valence-corrected chi connectivity index (χ1v) is 7.04. The van der Waals surface area contributed by atoms with Crippen molar-refractivity contribution in [1.82, 2.24) is 10.6 Å². The molecule has 0 radical (unpaired) electrons. The van der Waals surface area contributed by atoms with E-state index in [1.807, 2.05) is 6.92 Å². The van der Waals surface area contributed by atoms with E-state index < -0.39 is 24.0 Å². The van der Waals surface area contributed by atoms with Crippen LogP contribution in [0.5, 0.6) is 0 Å². The molecule has 0 aliphatic carbocycles. The number of ether oxygens (including phenoxy) is 1. The number of aliphatic carboxylic acids is 1. The van der Waals surface area contributed by atoms with Crippen molar-refractivity contribution in [2.45, 2.75) is 25.8 Å². The Morgan fingerprint density at radius 1 is 1.23 bits per heavy atom. The summed E-state index contributed by atoms with van der Waals surface area (Å²) in [5.74, 6) is -1.66. The third kappa shape index (κ3) is 6.25. The summed E-state index contributed by atoms with van der Waals surface area (Å²) in [6.07, 6.45) is 0.758. The van der Waals surface area contributed by atoms with E-state index in [9.17, 15) is 14.4 Å². The van der Waals surface area contributed by atoms with Crippen molar-refractivity contribution in [2.24, 2.45) is 0 Å². The number of hydrogen-bond acceptors (Lipinski definition) is 4. The van der Waals surface area contributed by atoms with Crippen LogP contribution < -0.4 is 10.6 Å². The van der Waals surface area contributed by atoms with Gasteiger partial charge in [0.25, 0.3) is 5.91 Å². The van der Waals surface area contributed by atoms with E-state index in [4.69, 9.17) is 9.84 Å². The number of alkyl carbamates (subject to hydrolysis) is 1. The zero-order valence-corrected chi connectivity index (χ0v) is 12.4. The Morgan fingerprint density at radius 3 is 2.50 bits per heavy atom. The average Bonchev–Trinajstić information content (AvgIpc) is 2.52. The second-order valence-corrected chi connectivity index (χ2v) is 4.60. The number of carbonyl (C=O) groups excluding carboxylic acids is 2. The molecule has 1 aromatic carbocycles. The van der Waals surface area contributed by atoms with E-state index in [0.717, 1.165) is 6.42 Å². The van der Waals surface area contributed by atoms with Gasteiger partial charge < -0.3 is 20.5 Å². The molecule has 1 unspecified atom stereocenters. The van der Waals surface area contributed by atoms with E-state index in [2.05, 4.69) is 10.6 Å². The first-order valence-electron chi connectivity index (χ1n) is 7.04. The summed E-state index contributed by atoms with van der Waals surface area (Å²) >= 11 is 0. The summed E-state index contributed by atoms with van der Waals surface area (Å²) in [5.41, 5.74) is 0.414. The van der Waals surface area contributed by atoms with Crippen molar-refractivity contribution in [3.05, 3.63) is 35.9 Å². The maximum Gasteiger partial charge on any atom is 0.407 e. The maximum absolute atomic E-state index is 11.8. The Hall–Kier alpha value is -2.57. The summed E-state index contributed by atoms with van der Waals surface area (Å²) < 4.78 is 4.83. The third-order valence-corrected chi connectivity index (χ3v) is 2.82. The molecule has 3 N–H and O–H groups in total. The zero-order valence-electron chi connectivity index (χ0n) is 12.4. The van der Waals surface area contributed by atoms with Crippen LogP contribution in [0.15, 0.2) is 30.3 Å². The van der Waals surface area contributed by atoms with Gasteiger partial charge >= 0.3 is 12.1 Å². The topological polar surface area (TPSA) is 105 Å². The molecule has 120 valence electrons. The summed E-state index contributed by atoms with van der Waals surface area (Å²) in [7, 11) is 0. The van der Waals surface area contributed by atoms with Gasteiger partial charge in [0.1, 0.15) is 6.04 Å². The number of amides is 2. The molecule has 0 saturated heterocycles. The predicted octanol–water partition coefficient (Wildman–Crippen LogP) is 1.40. The van der Waals surface area contributed by atoms with Crippen LogP contribution in [0.3, 0.4) is 0 Å². The number of carboxylic acid groups (broad SMARTS) is 1. The van der Waals surface area contributed by atoms with Crippen LogP contribution in [-0.2, 0) is 9.53 Å². The molecule has 0 aliphatic heterocycles. The van der Waals surface area contributed by atoms with E-state index in [1.165, 1.54) is 0 Å². The molecule has 0 heterocycles. The standard InChI is InChI=1S/C15H20N2O5/c1-2-3-9-22-15(21)17-12(14(19)20)10-16-13(18)11-7-5-4-6-8-11/h4-8,12H,2-3,9-10H2,1H3,(H,16,18)(H,17,21)(H,19,20). The fourth-order valence-electron chi connectivity index (χ4n) is 1.58. The van der Waals surface area contributed by atoms with Gasteiger partial charge in [-0.3, -0.25) is 4.79 Å². The highest BCUT2D eigenvalue weighted by atomic mass is 16.5. The van der Waals surface area contributed by atoms with Gasteiger partial charge in [-0.1, -0.05) is 31.5 Å². The highest BCUT2D eigenvalue weighted by molar-refractivity contribution is 5.94. The lowest BCUT2D eigenvalue weighted by Crippen LogP contribution is -2.48. The van der Waals surface area contributed by atoms with E-state index in [0.29, 0.717) is 12.0 Å². The summed E-state index contributed by atoms with van der Waals surface area (Å²) in [4.78, 5) is 34.4. The molecule has 2 amide bonds.